The summed E-state index contributed by atoms with van der Waals surface area (Å²) >= 11 is 0. The fourth-order valence-electron chi connectivity index (χ4n) is 3.79. The van der Waals surface area contributed by atoms with E-state index in [2.05, 4.69) is 21.5 Å². The third-order valence-corrected chi connectivity index (χ3v) is 4.72. The lowest BCUT2D eigenvalue weighted by atomic mass is 9.74. The molecule has 0 amide bonds. The van der Waals surface area contributed by atoms with Crippen LogP contribution < -0.4 is 5.32 Å². The summed E-state index contributed by atoms with van der Waals surface area (Å²) in [5.74, 6) is 0. The second-order valence-electron chi connectivity index (χ2n) is 6.43. The van der Waals surface area contributed by atoms with Gasteiger partial charge >= 0.3 is 0 Å². The van der Waals surface area contributed by atoms with Gasteiger partial charge in [0.1, 0.15) is 0 Å². The number of aromatic nitrogens is 2. The number of hydrogen-bond acceptors (Lipinski definition) is 4. The minimum atomic E-state index is 0.152. The third kappa shape index (κ3) is 3.22. The van der Waals surface area contributed by atoms with Gasteiger partial charge in [-0.15, -0.1) is 0 Å². The topological polar surface area (TPSA) is 53.3 Å². The third-order valence-electron chi connectivity index (χ3n) is 4.72. The van der Waals surface area contributed by atoms with Crippen LogP contribution in [0.25, 0.3) is 0 Å². The molecule has 5 nitrogen and oxygen atoms in total. The molecular weight excluding hydrogens is 252 g/mol. The summed E-state index contributed by atoms with van der Waals surface area (Å²) in [4.78, 5) is 2.58. The van der Waals surface area contributed by atoms with Crippen molar-refractivity contribution in [2.24, 2.45) is 5.41 Å². The van der Waals surface area contributed by atoms with E-state index < -0.39 is 0 Å². The van der Waals surface area contributed by atoms with Crippen molar-refractivity contribution in [2.45, 2.75) is 38.8 Å². The van der Waals surface area contributed by atoms with Gasteiger partial charge in [0, 0.05) is 31.4 Å². The highest BCUT2D eigenvalue weighted by Crippen LogP contribution is 2.36. The van der Waals surface area contributed by atoms with Crippen molar-refractivity contribution in [3.8, 4) is 0 Å². The smallest absolute Gasteiger partial charge is 0.0640 e. The second-order valence-corrected chi connectivity index (χ2v) is 6.43. The zero-order valence-corrected chi connectivity index (χ0v) is 12.2. The van der Waals surface area contributed by atoms with Gasteiger partial charge in [-0.2, -0.15) is 5.10 Å². The molecule has 3 rings (SSSR count). The molecule has 1 unspecified atom stereocenters. The number of likely N-dealkylation sites (tertiary alicyclic amines) is 1. The second kappa shape index (κ2) is 6.24. The molecular formula is C15H26N4O. The molecule has 2 N–H and O–H groups in total. The number of aliphatic hydroxyl groups excluding tert-OH is 1. The van der Waals surface area contributed by atoms with Gasteiger partial charge < -0.3 is 10.4 Å². The Morgan fingerprint density at radius 3 is 3.05 bits per heavy atom. The van der Waals surface area contributed by atoms with Crippen LogP contribution >= 0.6 is 0 Å². The first-order valence-electron chi connectivity index (χ1n) is 7.85. The highest BCUT2D eigenvalue weighted by atomic mass is 16.3. The van der Waals surface area contributed by atoms with Crippen molar-refractivity contribution < 1.29 is 5.11 Å². The number of nitrogens with zero attached hydrogens (tertiary/aromatic N) is 3. The molecule has 0 aromatic carbocycles. The van der Waals surface area contributed by atoms with Gasteiger partial charge in [0.25, 0.3) is 0 Å². The van der Waals surface area contributed by atoms with Crippen molar-refractivity contribution in [1.82, 2.24) is 20.0 Å². The normalized spacial score (nSPS) is 28.1. The molecule has 0 bridgehead atoms. The first-order chi connectivity index (χ1) is 9.80. The fourth-order valence-corrected chi connectivity index (χ4v) is 3.79. The Morgan fingerprint density at radius 1 is 1.35 bits per heavy atom. The van der Waals surface area contributed by atoms with E-state index in [9.17, 15) is 0 Å². The van der Waals surface area contributed by atoms with E-state index in [1.54, 1.807) is 0 Å². The minimum Gasteiger partial charge on any atom is -0.394 e. The summed E-state index contributed by atoms with van der Waals surface area (Å²) in [5.41, 5.74) is 1.77. The highest BCUT2D eigenvalue weighted by Gasteiger charge is 2.36. The van der Waals surface area contributed by atoms with Crippen molar-refractivity contribution in [3.63, 3.8) is 0 Å². The molecule has 5 heteroatoms. The van der Waals surface area contributed by atoms with Gasteiger partial charge in [0.05, 0.1) is 19.3 Å². The Labute approximate surface area is 121 Å². The predicted molar refractivity (Wildman–Crippen MR) is 78.4 cm³/mol. The van der Waals surface area contributed by atoms with Gasteiger partial charge in [-0.1, -0.05) is 0 Å². The van der Waals surface area contributed by atoms with E-state index in [0.717, 1.165) is 6.54 Å². The van der Waals surface area contributed by atoms with Crippen LogP contribution in [0.2, 0.25) is 0 Å². The van der Waals surface area contributed by atoms with Crippen LogP contribution in [0.4, 0.5) is 0 Å². The Kier molecular flexibility index (Phi) is 4.38. The van der Waals surface area contributed by atoms with Crippen LogP contribution in [0.3, 0.4) is 0 Å². The van der Waals surface area contributed by atoms with Crippen LogP contribution in [-0.4, -0.2) is 52.6 Å². The molecule has 1 atom stereocenters. The van der Waals surface area contributed by atoms with E-state index >= 15 is 0 Å². The SMILES string of the molecule is OCCn1cc(CN2CCCC3(CCCNC3)C2)cn1. The fraction of sp³-hybridized carbons (Fsp3) is 0.800. The first-order valence-corrected chi connectivity index (χ1v) is 7.85. The summed E-state index contributed by atoms with van der Waals surface area (Å²) in [6.07, 6.45) is 9.39. The zero-order valence-electron chi connectivity index (χ0n) is 12.2. The molecule has 2 aliphatic rings. The predicted octanol–water partition coefficient (Wildman–Crippen LogP) is 0.841. The molecule has 2 aliphatic heterocycles. The summed E-state index contributed by atoms with van der Waals surface area (Å²) in [5, 5.41) is 16.8. The molecule has 1 aromatic heterocycles. The Bertz CT molecular complexity index is 420. The lowest BCUT2D eigenvalue weighted by Crippen LogP contribution is -2.50. The first kappa shape index (κ1) is 14.0. The summed E-state index contributed by atoms with van der Waals surface area (Å²) in [6, 6.07) is 0. The number of piperidine rings is 2. The average Bonchev–Trinajstić information content (AvgIpc) is 2.87. The zero-order chi connectivity index (χ0) is 13.8. The van der Waals surface area contributed by atoms with Crippen molar-refractivity contribution >= 4 is 0 Å². The molecule has 2 fully saturated rings. The van der Waals surface area contributed by atoms with Crippen LogP contribution in [0.15, 0.2) is 12.4 Å². The van der Waals surface area contributed by atoms with Gasteiger partial charge in [-0.3, -0.25) is 9.58 Å². The number of nitrogens with one attached hydrogen (secondary N) is 1. The van der Waals surface area contributed by atoms with Crippen molar-refractivity contribution in [2.75, 3.05) is 32.8 Å². The lowest BCUT2D eigenvalue weighted by Gasteiger charge is -2.45. The van der Waals surface area contributed by atoms with Crippen LogP contribution in [0, 0.1) is 5.41 Å². The van der Waals surface area contributed by atoms with Crippen LogP contribution in [0.1, 0.15) is 31.2 Å². The number of rotatable bonds is 4. The average molecular weight is 278 g/mol. The van der Waals surface area contributed by atoms with E-state index in [-0.39, 0.29) is 6.61 Å². The van der Waals surface area contributed by atoms with Gasteiger partial charge in [0.15, 0.2) is 0 Å². The minimum absolute atomic E-state index is 0.152. The number of aliphatic hydroxyl groups is 1. The largest absolute Gasteiger partial charge is 0.394 e. The molecule has 0 radical (unpaired) electrons. The van der Waals surface area contributed by atoms with Gasteiger partial charge in [-0.05, 0) is 44.2 Å². The molecule has 3 heterocycles. The molecule has 112 valence electrons. The maximum atomic E-state index is 8.94. The van der Waals surface area contributed by atoms with E-state index in [0.29, 0.717) is 12.0 Å². The van der Waals surface area contributed by atoms with Crippen molar-refractivity contribution in [1.29, 1.82) is 0 Å². The molecule has 1 aromatic rings. The maximum absolute atomic E-state index is 8.94. The van der Waals surface area contributed by atoms with Crippen LogP contribution in [0.5, 0.6) is 0 Å². The maximum Gasteiger partial charge on any atom is 0.0640 e. The summed E-state index contributed by atoms with van der Waals surface area (Å²) < 4.78 is 1.83. The van der Waals surface area contributed by atoms with Crippen LogP contribution in [-0.2, 0) is 13.1 Å². The molecule has 0 saturated carbocycles. The Hall–Kier alpha value is -0.910. The van der Waals surface area contributed by atoms with E-state index in [4.69, 9.17) is 5.11 Å². The monoisotopic (exact) mass is 278 g/mol. The summed E-state index contributed by atoms with van der Waals surface area (Å²) in [6.45, 7) is 6.53. The van der Waals surface area contributed by atoms with Crippen molar-refractivity contribution in [3.05, 3.63) is 18.0 Å². The standard InChI is InChI=1S/C15H26N4O/c20-8-7-19-11-14(9-17-19)10-18-6-2-4-15(13-18)3-1-5-16-12-15/h9,11,16,20H,1-8,10,12-13H2. The number of hydrogen-bond donors (Lipinski definition) is 2. The molecule has 20 heavy (non-hydrogen) atoms. The van der Waals surface area contributed by atoms with E-state index in [1.807, 2.05) is 10.9 Å². The van der Waals surface area contributed by atoms with E-state index in [1.165, 1.54) is 57.4 Å². The lowest BCUT2D eigenvalue weighted by molar-refractivity contribution is 0.0600. The Morgan fingerprint density at radius 2 is 2.25 bits per heavy atom. The van der Waals surface area contributed by atoms with Gasteiger partial charge in [0.2, 0.25) is 0 Å². The molecule has 0 aliphatic carbocycles. The summed E-state index contributed by atoms with van der Waals surface area (Å²) in [7, 11) is 0. The molecule has 2 saturated heterocycles. The highest BCUT2D eigenvalue weighted by molar-refractivity contribution is 5.05. The quantitative estimate of drug-likeness (QED) is 0.857. The van der Waals surface area contributed by atoms with Gasteiger partial charge in [-0.25, -0.2) is 0 Å². The molecule has 1 spiro atoms. The Balaban J connectivity index is 1.59.